The Bertz CT molecular complexity index is 1070. The van der Waals surface area contributed by atoms with Gasteiger partial charge in [-0.1, -0.05) is 62.8 Å². The highest BCUT2D eigenvalue weighted by molar-refractivity contribution is 8.02. The van der Waals surface area contributed by atoms with Crippen LogP contribution < -0.4 is 4.90 Å². The molecule has 192 valence electrons. The normalized spacial score (nSPS) is 32.3. The number of para-hydroxylation sites is 1. The maximum atomic E-state index is 14.2. The Balaban J connectivity index is 1.60. The van der Waals surface area contributed by atoms with Crippen molar-refractivity contribution in [3.63, 3.8) is 0 Å². The van der Waals surface area contributed by atoms with Gasteiger partial charge in [0.1, 0.15) is 6.04 Å². The molecule has 4 aliphatic rings. The summed E-state index contributed by atoms with van der Waals surface area (Å²) < 4.78 is -0.841. The number of rotatable bonds is 7. The van der Waals surface area contributed by atoms with Gasteiger partial charge >= 0.3 is 0 Å². The van der Waals surface area contributed by atoms with Crippen molar-refractivity contribution in [3.05, 3.63) is 54.6 Å². The van der Waals surface area contributed by atoms with Gasteiger partial charge in [0.25, 0.3) is 0 Å². The average molecular weight is 510 g/mol. The highest BCUT2D eigenvalue weighted by Gasteiger charge is 2.71. The van der Waals surface area contributed by atoms with Gasteiger partial charge in [-0.05, 0) is 25.0 Å². The predicted octanol–water partition coefficient (Wildman–Crippen LogP) is 2.86. The lowest BCUT2D eigenvalue weighted by Crippen LogP contribution is -2.56. The van der Waals surface area contributed by atoms with Gasteiger partial charge in [0.15, 0.2) is 0 Å². The van der Waals surface area contributed by atoms with Gasteiger partial charge in [-0.15, -0.1) is 11.8 Å². The van der Waals surface area contributed by atoms with Gasteiger partial charge in [0.2, 0.25) is 17.7 Å². The fourth-order valence-corrected chi connectivity index (χ4v) is 8.31. The lowest BCUT2D eigenvalue weighted by Gasteiger charge is -2.38. The fraction of sp³-hybridized carbons (Fsp3) is 0.536. The number of carbonyl (C=O) groups is 3. The summed E-state index contributed by atoms with van der Waals surface area (Å²) in [4.78, 5) is 47.7. The van der Waals surface area contributed by atoms with E-state index in [1.54, 1.807) is 21.6 Å². The minimum atomic E-state index is -0.841. The van der Waals surface area contributed by atoms with Crippen molar-refractivity contribution >= 4 is 35.2 Å². The second-order valence-electron chi connectivity index (χ2n) is 10.1. The highest BCUT2D eigenvalue weighted by Crippen LogP contribution is 2.61. The van der Waals surface area contributed by atoms with Crippen LogP contribution in [-0.4, -0.2) is 80.9 Å². The van der Waals surface area contributed by atoms with Gasteiger partial charge in [-0.2, -0.15) is 0 Å². The third kappa shape index (κ3) is 3.80. The van der Waals surface area contributed by atoms with Gasteiger partial charge < -0.3 is 19.8 Å². The van der Waals surface area contributed by atoms with E-state index in [4.69, 9.17) is 0 Å². The molecule has 36 heavy (non-hydrogen) atoms. The lowest BCUT2D eigenvalue weighted by atomic mass is 9.78. The monoisotopic (exact) mass is 509 g/mol. The average Bonchev–Trinajstić information content (AvgIpc) is 3.21. The van der Waals surface area contributed by atoms with Crippen LogP contribution in [0.5, 0.6) is 0 Å². The number of unbranched alkanes of at least 4 members (excludes halogenated alkanes) is 1. The standard InChI is InChI=1S/C28H35N3O4S/c1-3-5-15-29-16-10-14-28-23(26(34)31(19(4-2)18-32)24(28)27(29)35)22-21(36-28)13-9-17-30(25(22)33)20-11-7-6-8-12-20/h6-14,19,21-24,32H,3-5,15-18H2,1-2H3/t19-,21+,22-,23-,24?,28-/m0/s1. The zero-order valence-electron chi connectivity index (χ0n) is 21.0. The quantitative estimate of drug-likeness (QED) is 0.572. The van der Waals surface area contributed by atoms with Gasteiger partial charge in [0.05, 0.1) is 29.2 Å². The van der Waals surface area contributed by atoms with Crippen LogP contribution in [0.1, 0.15) is 33.1 Å². The molecule has 8 heteroatoms. The van der Waals surface area contributed by atoms with Crippen LogP contribution in [0.3, 0.4) is 0 Å². The first-order valence-corrected chi connectivity index (χ1v) is 14.0. The molecule has 0 aromatic heterocycles. The fourth-order valence-electron chi connectivity index (χ4n) is 6.32. The lowest BCUT2D eigenvalue weighted by molar-refractivity contribution is -0.145. The van der Waals surface area contributed by atoms with Crippen LogP contribution in [0.4, 0.5) is 5.69 Å². The van der Waals surface area contributed by atoms with E-state index in [1.165, 1.54) is 0 Å². The molecule has 3 amide bonds. The van der Waals surface area contributed by atoms with Gasteiger partial charge in [-0.25, -0.2) is 0 Å². The molecular weight excluding hydrogens is 474 g/mol. The summed E-state index contributed by atoms with van der Waals surface area (Å²) in [5, 5.41) is 10.0. The minimum Gasteiger partial charge on any atom is -0.394 e. The van der Waals surface area contributed by atoms with Gasteiger partial charge in [-0.3, -0.25) is 14.4 Å². The molecule has 0 saturated carbocycles. The van der Waals surface area contributed by atoms with Crippen LogP contribution in [0, 0.1) is 11.8 Å². The number of aliphatic hydroxyl groups is 1. The van der Waals surface area contributed by atoms with Crippen LogP contribution in [0.15, 0.2) is 54.6 Å². The number of aliphatic hydroxyl groups excluding tert-OH is 1. The smallest absolute Gasteiger partial charge is 0.247 e. The van der Waals surface area contributed by atoms with Crippen molar-refractivity contribution in [1.29, 1.82) is 0 Å². The van der Waals surface area contributed by atoms with Crippen molar-refractivity contribution in [1.82, 2.24) is 9.80 Å². The summed E-state index contributed by atoms with van der Waals surface area (Å²) >= 11 is 1.59. The van der Waals surface area contributed by atoms with Gasteiger partial charge in [0, 0.05) is 30.6 Å². The van der Waals surface area contributed by atoms with Crippen LogP contribution in [0.25, 0.3) is 0 Å². The molecule has 2 saturated heterocycles. The summed E-state index contributed by atoms with van der Waals surface area (Å²) in [6.45, 7) is 5.39. The predicted molar refractivity (Wildman–Crippen MR) is 141 cm³/mol. The molecule has 0 radical (unpaired) electrons. The minimum absolute atomic E-state index is 0.0727. The second kappa shape index (κ2) is 10.1. The van der Waals surface area contributed by atoms with Crippen molar-refractivity contribution in [2.45, 2.75) is 55.2 Å². The first-order valence-electron chi connectivity index (χ1n) is 13.1. The number of hydrogen-bond donors (Lipinski definition) is 1. The summed E-state index contributed by atoms with van der Waals surface area (Å²) in [7, 11) is 0. The Hall–Kier alpha value is -2.58. The van der Waals surface area contributed by atoms with Crippen LogP contribution >= 0.6 is 11.8 Å². The third-order valence-corrected chi connectivity index (χ3v) is 9.85. The Morgan fingerprint density at radius 1 is 1.06 bits per heavy atom. The zero-order valence-corrected chi connectivity index (χ0v) is 21.8. The van der Waals surface area contributed by atoms with E-state index >= 15 is 0 Å². The summed E-state index contributed by atoms with van der Waals surface area (Å²) in [5.74, 6) is -1.58. The first kappa shape index (κ1) is 25.1. The first-order chi connectivity index (χ1) is 17.5. The number of benzene rings is 1. The van der Waals surface area contributed by atoms with E-state index in [0.717, 1.165) is 18.5 Å². The number of thioether (sulfide) groups is 1. The molecular formula is C28H35N3O4S. The largest absolute Gasteiger partial charge is 0.394 e. The van der Waals surface area contributed by atoms with Crippen molar-refractivity contribution in [3.8, 4) is 0 Å². The molecule has 7 nitrogen and oxygen atoms in total. The highest BCUT2D eigenvalue weighted by atomic mass is 32.2. The van der Waals surface area contributed by atoms with Crippen LogP contribution in [-0.2, 0) is 14.4 Å². The van der Waals surface area contributed by atoms with Crippen molar-refractivity contribution in [2.24, 2.45) is 11.8 Å². The van der Waals surface area contributed by atoms with Crippen molar-refractivity contribution in [2.75, 3.05) is 31.1 Å². The number of hydrogen-bond acceptors (Lipinski definition) is 5. The number of anilines is 1. The van der Waals surface area contributed by atoms with E-state index in [1.807, 2.05) is 60.4 Å². The Labute approximate surface area is 217 Å². The maximum Gasteiger partial charge on any atom is 0.247 e. The van der Waals surface area contributed by atoms with E-state index < -0.39 is 28.7 Å². The number of fused-ring (bicyclic) bond motifs is 2. The molecule has 1 N–H and O–H groups in total. The van der Waals surface area contributed by atoms with E-state index in [-0.39, 0.29) is 29.6 Å². The number of amides is 3. The second-order valence-corrected chi connectivity index (χ2v) is 11.6. The number of likely N-dealkylation sites (tertiary alicyclic amines) is 1. The molecule has 6 atom stereocenters. The SMILES string of the molecule is CCCCN1CC=C[C@]23S[C@@H]4C=CCN(c5ccccc5)C(=O)[C@@H]4[C@H]2C(=O)N([C@@H](CC)CO)C3C1=O. The van der Waals surface area contributed by atoms with Crippen LogP contribution in [0.2, 0.25) is 0 Å². The Morgan fingerprint density at radius 2 is 1.83 bits per heavy atom. The summed E-state index contributed by atoms with van der Waals surface area (Å²) in [6.07, 6.45) is 10.5. The topological polar surface area (TPSA) is 81.2 Å². The molecule has 0 aliphatic carbocycles. The Morgan fingerprint density at radius 3 is 2.53 bits per heavy atom. The molecule has 5 rings (SSSR count). The molecule has 1 aromatic rings. The van der Waals surface area contributed by atoms with E-state index in [2.05, 4.69) is 13.0 Å². The van der Waals surface area contributed by atoms with E-state index in [0.29, 0.717) is 26.1 Å². The molecule has 1 unspecified atom stereocenters. The Kier molecular flexibility index (Phi) is 7.01. The molecule has 4 aliphatic heterocycles. The van der Waals surface area contributed by atoms with Crippen molar-refractivity contribution < 1.29 is 19.5 Å². The molecule has 1 spiro atoms. The summed E-state index contributed by atoms with van der Waals surface area (Å²) in [5.41, 5.74) is 0.803. The molecule has 1 aromatic carbocycles. The molecule has 0 bridgehead atoms. The number of nitrogens with zero attached hydrogens (tertiary/aromatic N) is 3. The van der Waals surface area contributed by atoms with E-state index in [9.17, 15) is 19.5 Å². The maximum absolute atomic E-state index is 14.2. The summed E-state index contributed by atoms with van der Waals surface area (Å²) in [6, 6.07) is 8.36. The molecule has 4 heterocycles. The zero-order chi connectivity index (χ0) is 25.4. The number of carbonyl (C=O) groups excluding carboxylic acids is 3. The third-order valence-electron chi connectivity index (χ3n) is 8.10. The molecule has 2 fully saturated rings.